The van der Waals surface area contributed by atoms with Gasteiger partial charge in [-0.15, -0.1) is 0 Å². The molecule has 0 aliphatic heterocycles. The fourth-order valence-corrected chi connectivity index (χ4v) is 2.97. The van der Waals surface area contributed by atoms with Crippen LogP contribution in [0.4, 0.5) is 4.39 Å². The second kappa shape index (κ2) is 7.74. The van der Waals surface area contributed by atoms with Crippen molar-refractivity contribution < 1.29 is 13.9 Å². The number of benzene rings is 1. The monoisotopic (exact) mass is 345 g/mol. The highest BCUT2D eigenvalue weighted by Gasteiger charge is 2.16. The van der Waals surface area contributed by atoms with Crippen LogP contribution in [0.2, 0.25) is 0 Å². The van der Waals surface area contributed by atoms with Gasteiger partial charge in [-0.1, -0.05) is 12.1 Å². The van der Waals surface area contributed by atoms with Crippen LogP contribution in [0.3, 0.4) is 0 Å². The number of halogens is 1. The summed E-state index contributed by atoms with van der Waals surface area (Å²) in [6.45, 7) is 0.133. The molecule has 24 heavy (non-hydrogen) atoms. The molecule has 0 saturated heterocycles. The van der Waals surface area contributed by atoms with E-state index in [1.807, 2.05) is 29.1 Å². The zero-order valence-electron chi connectivity index (χ0n) is 12.8. The molecule has 2 heterocycles. The minimum atomic E-state index is -0.488. The number of hydrogen-bond donors (Lipinski definition) is 1. The van der Waals surface area contributed by atoms with E-state index in [-0.39, 0.29) is 24.3 Å². The number of para-hydroxylation sites is 1. The van der Waals surface area contributed by atoms with Gasteiger partial charge in [0.2, 0.25) is 0 Å². The van der Waals surface area contributed by atoms with Crippen molar-refractivity contribution in [2.45, 2.75) is 6.04 Å². The lowest BCUT2D eigenvalue weighted by molar-refractivity contribution is -0.123. The van der Waals surface area contributed by atoms with Crippen LogP contribution in [0.5, 0.6) is 5.75 Å². The van der Waals surface area contributed by atoms with Gasteiger partial charge >= 0.3 is 0 Å². The van der Waals surface area contributed by atoms with Gasteiger partial charge in [0.25, 0.3) is 5.91 Å². The quantitative estimate of drug-likeness (QED) is 0.716. The predicted molar refractivity (Wildman–Crippen MR) is 89.6 cm³/mol. The van der Waals surface area contributed by atoms with Gasteiger partial charge in [0.05, 0.1) is 6.04 Å². The molecule has 124 valence electrons. The fraction of sp³-hybridized carbons (Fsp3) is 0.176. The lowest BCUT2D eigenvalue weighted by Gasteiger charge is -2.17. The highest BCUT2D eigenvalue weighted by molar-refractivity contribution is 7.07. The Morgan fingerprint density at radius 2 is 2.21 bits per heavy atom. The zero-order valence-corrected chi connectivity index (χ0v) is 13.6. The van der Waals surface area contributed by atoms with E-state index in [9.17, 15) is 9.18 Å². The fourth-order valence-electron chi connectivity index (χ4n) is 2.26. The van der Waals surface area contributed by atoms with Gasteiger partial charge in [-0.25, -0.2) is 4.39 Å². The Morgan fingerprint density at radius 1 is 1.33 bits per heavy atom. The predicted octanol–water partition coefficient (Wildman–Crippen LogP) is 2.87. The Morgan fingerprint density at radius 3 is 2.92 bits per heavy atom. The Bertz CT molecular complexity index is 741. The van der Waals surface area contributed by atoms with Crippen LogP contribution in [-0.4, -0.2) is 28.8 Å². The first-order valence-electron chi connectivity index (χ1n) is 7.39. The molecule has 5 nitrogen and oxygen atoms in total. The van der Waals surface area contributed by atoms with Gasteiger partial charge in [0, 0.05) is 18.9 Å². The van der Waals surface area contributed by atoms with Crippen molar-refractivity contribution in [3.05, 3.63) is 70.9 Å². The molecular weight excluding hydrogens is 329 g/mol. The molecule has 1 atom stereocenters. The van der Waals surface area contributed by atoms with Crippen molar-refractivity contribution in [1.29, 1.82) is 0 Å². The number of ether oxygens (including phenoxy) is 1. The van der Waals surface area contributed by atoms with Crippen LogP contribution in [0.1, 0.15) is 11.6 Å². The third-order valence-corrected chi connectivity index (χ3v) is 4.16. The van der Waals surface area contributed by atoms with E-state index in [0.717, 1.165) is 5.56 Å². The number of nitrogens with one attached hydrogen (secondary N) is 1. The zero-order chi connectivity index (χ0) is 16.8. The number of rotatable bonds is 7. The lowest BCUT2D eigenvalue weighted by atomic mass is 10.1. The number of carbonyl (C=O) groups is 1. The normalized spacial score (nSPS) is 11.9. The summed E-state index contributed by atoms with van der Waals surface area (Å²) in [7, 11) is 0. The standard InChI is InChI=1S/C17H16FN3O2S/c18-14-4-1-2-5-16(14)23-11-17(22)19-10-15(13-6-9-24-12-13)21-8-3-7-20-21/h1-9,12,15H,10-11H2,(H,19,22)/t15-/m0/s1. The van der Waals surface area contributed by atoms with Gasteiger partial charge < -0.3 is 10.1 Å². The summed E-state index contributed by atoms with van der Waals surface area (Å²) in [5.41, 5.74) is 1.07. The average Bonchev–Trinajstić information content (AvgIpc) is 3.28. The second-order valence-corrected chi connectivity index (χ2v) is 5.86. The number of aromatic nitrogens is 2. The van der Waals surface area contributed by atoms with E-state index in [0.29, 0.717) is 6.54 Å². The Balaban J connectivity index is 1.57. The maximum Gasteiger partial charge on any atom is 0.258 e. The van der Waals surface area contributed by atoms with Gasteiger partial charge in [0.1, 0.15) is 0 Å². The van der Waals surface area contributed by atoms with E-state index in [1.165, 1.54) is 12.1 Å². The Labute approximate surface area is 142 Å². The molecule has 0 bridgehead atoms. The molecule has 0 unspecified atom stereocenters. The molecule has 0 saturated carbocycles. The summed E-state index contributed by atoms with van der Waals surface area (Å²) in [5, 5.41) is 11.1. The molecule has 1 amide bonds. The molecule has 0 aliphatic rings. The topological polar surface area (TPSA) is 56.1 Å². The summed E-state index contributed by atoms with van der Waals surface area (Å²) in [6, 6.07) is 9.74. The maximum absolute atomic E-state index is 13.5. The number of nitrogens with zero attached hydrogens (tertiary/aromatic N) is 2. The van der Waals surface area contributed by atoms with E-state index < -0.39 is 5.82 Å². The van der Waals surface area contributed by atoms with E-state index in [4.69, 9.17) is 4.74 Å². The van der Waals surface area contributed by atoms with Gasteiger partial charge in [0.15, 0.2) is 18.2 Å². The Hall–Kier alpha value is -2.67. The van der Waals surface area contributed by atoms with Gasteiger partial charge in [-0.3, -0.25) is 9.48 Å². The number of carbonyl (C=O) groups excluding carboxylic acids is 1. The third kappa shape index (κ3) is 3.99. The molecule has 0 spiro atoms. The second-order valence-electron chi connectivity index (χ2n) is 5.08. The lowest BCUT2D eigenvalue weighted by Crippen LogP contribution is -2.34. The van der Waals surface area contributed by atoms with Crippen LogP contribution in [0, 0.1) is 5.82 Å². The van der Waals surface area contributed by atoms with Gasteiger partial charge in [-0.05, 0) is 40.6 Å². The molecular formula is C17H16FN3O2S. The number of amides is 1. The van der Waals surface area contributed by atoms with Crippen LogP contribution in [-0.2, 0) is 4.79 Å². The van der Waals surface area contributed by atoms with Crippen LogP contribution >= 0.6 is 11.3 Å². The van der Waals surface area contributed by atoms with Crippen molar-refractivity contribution >= 4 is 17.2 Å². The number of thiophene rings is 1. The van der Waals surface area contributed by atoms with Crippen molar-refractivity contribution in [3.8, 4) is 5.75 Å². The molecule has 0 radical (unpaired) electrons. The molecule has 0 aliphatic carbocycles. The largest absolute Gasteiger partial charge is 0.481 e. The van der Waals surface area contributed by atoms with Crippen molar-refractivity contribution in [2.24, 2.45) is 0 Å². The highest BCUT2D eigenvalue weighted by atomic mass is 32.1. The molecule has 3 aromatic rings. The molecule has 7 heteroatoms. The summed E-state index contributed by atoms with van der Waals surface area (Å²) in [5.74, 6) is -0.738. The first-order chi connectivity index (χ1) is 11.7. The molecule has 3 rings (SSSR count). The molecule has 2 aromatic heterocycles. The van der Waals surface area contributed by atoms with Crippen molar-refractivity contribution in [1.82, 2.24) is 15.1 Å². The first kappa shape index (κ1) is 16.2. The highest BCUT2D eigenvalue weighted by Crippen LogP contribution is 2.19. The van der Waals surface area contributed by atoms with Crippen LogP contribution in [0.15, 0.2) is 59.6 Å². The summed E-state index contributed by atoms with van der Waals surface area (Å²) in [4.78, 5) is 12.0. The average molecular weight is 345 g/mol. The summed E-state index contributed by atoms with van der Waals surface area (Å²) < 4.78 is 20.5. The SMILES string of the molecule is O=C(COc1ccccc1F)NC[C@@H](c1ccsc1)n1cccn1. The summed E-state index contributed by atoms with van der Waals surface area (Å²) in [6.07, 6.45) is 3.55. The van der Waals surface area contributed by atoms with Gasteiger partial charge in [-0.2, -0.15) is 16.4 Å². The van der Waals surface area contributed by atoms with Crippen molar-refractivity contribution in [2.75, 3.05) is 13.2 Å². The van der Waals surface area contributed by atoms with Crippen LogP contribution in [0.25, 0.3) is 0 Å². The van der Waals surface area contributed by atoms with E-state index in [2.05, 4.69) is 10.4 Å². The summed E-state index contributed by atoms with van der Waals surface area (Å²) >= 11 is 1.59. The molecule has 0 fully saturated rings. The molecule has 1 aromatic carbocycles. The number of hydrogen-bond acceptors (Lipinski definition) is 4. The maximum atomic E-state index is 13.5. The Kier molecular flexibility index (Phi) is 5.22. The first-order valence-corrected chi connectivity index (χ1v) is 8.33. The smallest absolute Gasteiger partial charge is 0.258 e. The van der Waals surface area contributed by atoms with E-state index >= 15 is 0 Å². The minimum Gasteiger partial charge on any atom is -0.481 e. The van der Waals surface area contributed by atoms with Crippen LogP contribution < -0.4 is 10.1 Å². The third-order valence-electron chi connectivity index (χ3n) is 3.46. The van der Waals surface area contributed by atoms with Crippen molar-refractivity contribution in [3.63, 3.8) is 0 Å². The molecule has 1 N–H and O–H groups in total. The van der Waals surface area contributed by atoms with E-state index in [1.54, 1.807) is 34.3 Å². The minimum absolute atomic E-state index is 0.0640.